The van der Waals surface area contributed by atoms with Crippen molar-refractivity contribution in [1.29, 1.82) is 0 Å². The molecule has 0 atom stereocenters. The van der Waals surface area contributed by atoms with Crippen molar-refractivity contribution in [2.24, 2.45) is 0 Å². The van der Waals surface area contributed by atoms with Crippen LogP contribution in [-0.2, 0) is 11.3 Å². The number of ether oxygens (including phenoxy) is 1. The van der Waals surface area contributed by atoms with Crippen LogP contribution in [0.25, 0.3) is 0 Å². The van der Waals surface area contributed by atoms with Gasteiger partial charge in [-0.2, -0.15) is 0 Å². The predicted octanol–water partition coefficient (Wildman–Crippen LogP) is 2.41. The van der Waals surface area contributed by atoms with Crippen LogP contribution in [0.3, 0.4) is 0 Å². The van der Waals surface area contributed by atoms with Gasteiger partial charge in [0.1, 0.15) is 0 Å². The van der Waals surface area contributed by atoms with Crippen LogP contribution in [-0.4, -0.2) is 18.2 Å². The van der Waals surface area contributed by atoms with Gasteiger partial charge in [-0.25, -0.2) is 4.79 Å². The number of methoxy groups -OCH3 is 1. The topological polar surface area (TPSA) is 46.5 Å². The molecule has 0 unspecified atom stereocenters. The molecule has 0 saturated heterocycles. The monoisotopic (exact) mass is 206 g/mol. The summed E-state index contributed by atoms with van der Waals surface area (Å²) < 4.78 is 5.02. The van der Waals surface area contributed by atoms with Gasteiger partial charge in [0.2, 0.25) is 0 Å². The van der Waals surface area contributed by atoms with Crippen LogP contribution in [0.15, 0.2) is 18.2 Å². The smallest absolute Gasteiger partial charge is 0.335 e. The third kappa shape index (κ3) is 2.36. The van der Waals surface area contributed by atoms with Gasteiger partial charge < -0.3 is 9.84 Å². The zero-order valence-corrected chi connectivity index (χ0v) is 8.69. The summed E-state index contributed by atoms with van der Waals surface area (Å²) in [5.74, 6) is -0.297. The highest BCUT2D eigenvalue weighted by Crippen LogP contribution is 2.40. The Kier molecular flexibility index (Phi) is 2.73. The first-order chi connectivity index (χ1) is 7.20. The molecule has 0 bridgehead atoms. The molecular weight excluding hydrogens is 192 g/mol. The number of benzene rings is 1. The fourth-order valence-electron chi connectivity index (χ4n) is 1.74. The summed E-state index contributed by atoms with van der Waals surface area (Å²) in [4.78, 5) is 10.9. The quantitative estimate of drug-likeness (QED) is 0.822. The molecule has 1 saturated carbocycles. The Hall–Kier alpha value is -1.35. The van der Waals surface area contributed by atoms with Gasteiger partial charge in [0.25, 0.3) is 0 Å². The van der Waals surface area contributed by atoms with Gasteiger partial charge in [0.15, 0.2) is 0 Å². The summed E-state index contributed by atoms with van der Waals surface area (Å²) >= 11 is 0. The van der Waals surface area contributed by atoms with Crippen molar-refractivity contribution >= 4 is 5.97 Å². The fourth-order valence-corrected chi connectivity index (χ4v) is 1.74. The number of hydrogen-bond acceptors (Lipinski definition) is 2. The molecule has 2 rings (SSSR count). The lowest BCUT2D eigenvalue weighted by Crippen LogP contribution is -2.00. The fraction of sp³-hybridized carbons (Fsp3) is 0.417. The zero-order valence-electron chi connectivity index (χ0n) is 8.69. The first-order valence-corrected chi connectivity index (χ1v) is 5.07. The second-order valence-electron chi connectivity index (χ2n) is 3.98. The summed E-state index contributed by atoms with van der Waals surface area (Å²) in [6.45, 7) is 0.473. The molecule has 0 aliphatic heterocycles. The van der Waals surface area contributed by atoms with Crippen LogP contribution in [0.4, 0.5) is 0 Å². The van der Waals surface area contributed by atoms with Gasteiger partial charge in [-0.1, -0.05) is 6.07 Å². The van der Waals surface area contributed by atoms with Crippen molar-refractivity contribution in [1.82, 2.24) is 0 Å². The van der Waals surface area contributed by atoms with E-state index in [0.717, 1.165) is 11.1 Å². The Morgan fingerprint density at radius 3 is 2.73 bits per heavy atom. The number of aromatic carboxylic acids is 1. The number of carbonyl (C=O) groups is 1. The van der Waals surface area contributed by atoms with Crippen molar-refractivity contribution < 1.29 is 14.6 Å². The number of rotatable bonds is 4. The van der Waals surface area contributed by atoms with Gasteiger partial charge in [-0.05, 0) is 42.0 Å². The average Bonchev–Trinajstić information content (AvgIpc) is 3.01. The molecule has 3 heteroatoms. The molecule has 0 heterocycles. The van der Waals surface area contributed by atoms with E-state index in [1.165, 1.54) is 12.8 Å². The van der Waals surface area contributed by atoms with Crippen LogP contribution < -0.4 is 0 Å². The zero-order chi connectivity index (χ0) is 10.8. The molecule has 0 aromatic heterocycles. The van der Waals surface area contributed by atoms with Crippen LogP contribution in [0.1, 0.15) is 40.2 Å². The Bertz CT molecular complexity index is 380. The molecule has 1 aliphatic rings. The molecule has 1 aromatic carbocycles. The van der Waals surface area contributed by atoms with Gasteiger partial charge >= 0.3 is 5.97 Å². The van der Waals surface area contributed by atoms with E-state index in [-0.39, 0.29) is 0 Å². The molecule has 80 valence electrons. The van der Waals surface area contributed by atoms with E-state index in [1.54, 1.807) is 19.2 Å². The predicted molar refractivity (Wildman–Crippen MR) is 56.1 cm³/mol. The van der Waals surface area contributed by atoms with Crippen LogP contribution in [0.5, 0.6) is 0 Å². The molecule has 0 amide bonds. The lowest BCUT2D eigenvalue weighted by Gasteiger charge is -2.06. The largest absolute Gasteiger partial charge is 0.478 e. The third-order valence-corrected chi connectivity index (χ3v) is 2.62. The Morgan fingerprint density at radius 1 is 1.47 bits per heavy atom. The van der Waals surface area contributed by atoms with E-state index in [0.29, 0.717) is 18.1 Å². The van der Waals surface area contributed by atoms with Crippen LogP contribution in [0.2, 0.25) is 0 Å². The van der Waals surface area contributed by atoms with E-state index < -0.39 is 5.97 Å². The van der Waals surface area contributed by atoms with Crippen LogP contribution >= 0.6 is 0 Å². The van der Waals surface area contributed by atoms with Crippen LogP contribution in [0, 0.1) is 0 Å². The average molecular weight is 206 g/mol. The first kappa shape index (κ1) is 10.2. The van der Waals surface area contributed by atoms with Gasteiger partial charge in [-0.3, -0.25) is 0 Å². The van der Waals surface area contributed by atoms with Gasteiger partial charge in [0.05, 0.1) is 12.2 Å². The molecule has 15 heavy (non-hydrogen) atoms. The van der Waals surface area contributed by atoms with Crippen molar-refractivity contribution in [3.8, 4) is 0 Å². The Morgan fingerprint density at radius 2 is 2.20 bits per heavy atom. The second-order valence-corrected chi connectivity index (χ2v) is 3.98. The highest BCUT2D eigenvalue weighted by molar-refractivity contribution is 5.88. The van der Waals surface area contributed by atoms with Gasteiger partial charge in [0, 0.05) is 7.11 Å². The normalized spacial score (nSPS) is 15.3. The molecular formula is C12H14O3. The van der Waals surface area contributed by atoms with E-state index in [1.807, 2.05) is 6.07 Å². The minimum atomic E-state index is -0.866. The molecule has 1 N–H and O–H groups in total. The molecule has 1 fully saturated rings. The second kappa shape index (κ2) is 4.03. The summed E-state index contributed by atoms with van der Waals surface area (Å²) in [6, 6.07) is 5.50. The lowest BCUT2D eigenvalue weighted by atomic mass is 10.0. The minimum absolute atomic E-state index is 0.367. The number of hydrogen-bond donors (Lipinski definition) is 1. The SMILES string of the molecule is COCc1cc(C(=O)O)cc(C2CC2)c1. The van der Waals surface area contributed by atoms with E-state index >= 15 is 0 Å². The lowest BCUT2D eigenvalue weighted by molar-refractivity contribution is 0.0696. The Labute approximate surface area is 88.7 Å². The number of carboxylic acid groups (broad SMARTS) is 1. The summed E-state index contributed by atoms with van der Waals surface area (Å²) in [7, 11) is 1.62. The molecule has 3 nitrogen and oxygen atoms in total. The third-order valence-electron chi connectivity index (χ3n) is 2.62. The van der Waals surface area contributed by atoms with Crippen molar-refractivity contribution in [2.75, 3.05) is 7.11 Å². The molecule has 0 radical (unpaired) electrons. The molecule has 0 spiro atoms. The number of carboxylic acids is 1. The summed E-state index contributed by atoms with van der Waals surface area (Å²) in [5, 5.41) is 8.96. The maximum absolute atomic E-state index is 10.9. The highest BCUT2D eigenvalue weighted by atomic mass is 16.5. The van der Waals surface area contributed by atoms with E-state index in [9.17, 15) is 4.79 Å². The summed E-state index contributed by atoms with van der Waals surface area (Å²) in [5.41, 5.74) is 2.45. The first-order valence-electron chi connectivity index (χ1n) is 5.07. The van der Waals surface area contributed by atoms with Gasteiger partial charge in [-0.15, -0.1) is 0 Å². The van der Waals surface area contributed by atoms with Crippen molar-refractivity contribution in [3.05, 3.63) is 34.9 Å². The Balaban J connectivity index is 2.34. The maximum atomic E-state index is 10.9. The van der Waals surface area contributed by atoms with Crippen molar-refractivity contribution in [2.45, 2.75) is 25.4 Å². The van der Waals surface area contributed by atoms with E-state index in [4.69, 9.17) is 9.84 Å². The van der Waals surface area contributed by atoms with Crippen molar-refractivity contribution in [3.63, 3.8) is 0 Å². The maximum Gasteiger partial charge on any atom is 0.335 e. The standard InChI is InChI=1S/C12H14O3/c1-15-7-8-4-10(9-2-3-9)6-11(5-8)12(13)14/h4-6,9H,2-3,7H2,1H3,(H,13,14). The minimum Gasteiger partial charge on any atom is -0.478 e. The highest BCUT2D eigenvalue weighted by Gasteiger charge is 2.24. The van der Waals surface area contributed by atoms with E-state index in [2.05, 4.69) is 0 Å². The summed E-state index contributed by atoms with van der Waals surface area (Å²) in [6.07, 6.45) is 2.35. The molecule has 1 aliphatic carbocycles. The molecule has 1 aromatic rings.